The number of thioether (sulfide) groups is 1. The molecule has 98 valence electrons. The summed E-state index contributed by atoms with van der Waals surface area (Å²) in [5, 5.41) is 19.7. The summed E-state index contributed by atoms with van der Waals surface area (Å²) in [4.78, 5) is 0. The number of benzene rings is 2. The van der Waals surface area contributed by atoms with Crippen molar-refractivity contribution < 1.29 is 0 Å². The zero-order chi connectivity index (χ0) is 13.8. The molecule has 0 saturated carbocycles. The van der Waals surface area contributed by atoms with Crippen molar-refractivity contribution in [1.82, 2.24) is 5.32 Å². The van der Waals surface area contributed by atoms with Crippen molar-refractivity contribution in [1.29, 1.82) is 10.8 Å². The van der Waals surface area contributed by atoms with Crippen LogP contribution in [0.15, 0.2) is 40.9 Å². The van der Waals surface area contributed by atoms with Gasteiger partial charge in [-0.2, -0.15) is 0 Å². The molecule has 0 heterocycles. The number of nitrogens with two attached hydrogens (primary N) is 1. The van der Waals surface area contributed by atoms with E-state index in [9.17, 15) is 0 Å². The second kappa shape index (κ2) is 6.08. The van der Waals surface area contributed by atoms with Gasteiger partial charge >= 0.3 is 0 Å². The molecular weight excluding hydrogens is 324 g/mol. The average Bonchev–Trinajstić information content (AvgIpc) is 2.37. The van der Waals surface area contributed by atoms with Crippen LogP contribution in [0.25, 0.3) is 10.8 Å². The predicted molar refractivity (Wildman–Crippen MR) is 85.7 cm³/mol. The van der Waals surface area contributed by atoms with E-state index in [-0.39, 0.29) is 11.1 Å². The van der Waals surface area contributed by atoms with Crippen LogP contribution in [-0.2, 0) is 5.75 Å². The summed E-state index contributed by atoms with van der Waals surface area (Å²) in [5.74, 6) is 0.430. The van der Waals surface area contributed by atoms with E-state index >= 15 is 0 Å². The first kappa shape index (κ1) is 13.9. The lowest BCUT2D eigenvalue weighted by atomic mass is 10.1. The molecule has 0 amide bonds. The summed E-state index contributed by atoms with van der Waals surface area (Å²) < 4.78 is 1.05. The number of hydrogen-bond acceptors (Lipinski definition) is 3. The van der Waals surface area contributed by atoms with Gasteiger partial charge in [0.2, 0.25) is 0 Å². The van der Waals surface area contributed by atoms with Gasteiger partial charge in [-0.3, -0.25) is 10.8 Å². The molecule has 2 aromatic carbocycles. The molecule has 0 bridgehead atoms. The maximum absolute atomic E-state index is 7.62. The van der Waals surface area contributed by atoms with Crippen molar-refractivity contribution in [2.45, 2.75) is 5.75 Å². The molecule has 0 spiro atoms. The van der Waals surface area contributed by atoms with Gasteiger partial charge in [0, 0.05) is 10.2 Å². The number of nitrogens with one attached hydrogen (secondary N) is 3. The van der Waals surface area contributed by atoms with Gasteiger partial charge < -0.3 is 11.1 Å². The van der Waals surface area contributed by atoms with Crippen LogP contribution in [0.5, 0.6) is 0 Å². The number of guanidine groups is 1. The van der Waals surface area contributed by atoms with E-state index < -0.39 is 0 Å². The Morgan fingerprint density at radius 2 is 1.95 bits per heavy atom. The van der Waals surface area contributed by atoms with E-state index in [1.165, 1.54) is 17.1 Å². The lowest BCUT2D eigenvalue weighted by Crippen LogP contribution is -2.33. The Hall–Kier alpha value is -1.53. The molecule has 0 radical (unpaired) electrons. The Morgan fingerprint density at radius 1 is 1.21 bits per heavy atom. The SMILES string of the molecule is N=C(N)NC(=N)SCc1ccc2ccccc2c1Br. The largest absolute Gasteiger partial charge is 0.370 e. The Bertz CT molecular complexity index is 642. The van der Waals surface area contributed by atoms with Crippen LogP contribution in [0, 0.1) is 10.8 Å². The lowest BCUT2D eigenvalue weighted by molar-refractivity contribution is 1.24. The normalized spacial score (nSPS) is 10.4. The number of halogens is 1. The van der Waals surface area contributed by atoms with Crippen molar-refractivity contribution in [3.05, 3.63) is 46.4 Å². The second-order valence-electron chi connectivity index (χ2n) is 3.92. The summed E-state index contributed by atoms with van der Waals surface area (Å²) in [6.07, 6.45) is 0. The number of amidine groups is 1. The topological polar surface area (TPSA) is 85.8 Å². The highest BCUT2D eigenvalue weighted by Crippen LogP contribution is 2.30. The average molecular weight is 337 g/mol. The predicted octanol–water partition coefficient (Wildman–Crippen LogP) is 3.25. The van der Waals surface area contributed by atoms with E-state index in [0.717, 1.165) is 15.4 Å². The third-order valence-electron chi connectivity index (χ3n) is 2.56. The van der Waals surface area contributed by atoms with Gasteiger partial charge in [0.15, 0.2) is 11.1 Å². The fourth-order valence-corrected chi connectivity index (χ4v) is 3.24. The third-order valence-corrected chi connectivity index (χ3v) is 4.35. The maximum atomic E-state index is 7.62. The second-order valence-corrected chi connectivity index (χ2v) is 5.69. The first-order valence-electron chi connectivity index (χ1n) is 5.56. The highest BCUT2D eigenvalue weighted by Gasteiger charge is 2.06. The van der Waals surface area contributed by atoms with Crippen molar-refractivity contribution >= 4 is 49.6 Å². The van der Waals surface area contributed by atoms with Gasteiger partial charge in [-0.05, 0) is 32.3 Å². The number of hydrogen-bond donors (Lipinski definition) is 4. The van der Waals surface area contributed by atoms with Crippen LogP contribution in [0.4, 0.5) is 0 Å². The highest BCUT2D eigenvalue weighted by atomic mass is 79.9. The molecule has 0 aliphatic heterocycles. The maximum Gasteiger partial charge on any atom is 0.191 e. The van der Waals surface area contributed by atoms with E-state index in [0.29, 0.717) is 5.75 Å². The molecular formula is C13H13BrN4S. The molecule has 0 unspecified atom stereocenters. The minimum atomic E-state index is -0.213. The van der Waals surface area contributed by atoms with E-state index in [1.54, 1.807) is 0 Å². The van der Waals surface area contributed by atoms with Crippen molar-refractivity contribution in [3.63, 3.8) is 0 Å². The Balaban J connectivity index is 2.15. The molecule has 19 heavy (non-hydrogen) atoms. The molecule has 5 N–H and O–H groups in total. The van der Waals surface area contributed by atoms with Gasteiger partial charge in [0.1, 0.15) is 0 Å². The van der Waals surface area contributed by atoms with E-state index in [1.807, 2.05) is 18.2 Å². The molecule has 2 aromatic rings. The van der Waals surface area contributed by atoms with Crippen molar-refractivity contribution in [2.75, 3.05) is 0 Å². The fraction of sp³-hybridized carbons (Fsp3) is 0.0769. The van der Waals surface area contributed by atoms with Crippen LogP contribution < -0.4 is 11.1 Å². The Morgan fingerprint density at radius 3 is 2.68 bits per heavy atom. The van der Waals surface area contributed by atoms with Gasteiger partial charge in [-0.15, -0.1) is 0 Å². The molecule has 0 atom stereocenters. The Kier molecular flexibility index (Phi) is 4.44. The number of rotatable bonds is 2. The van der Waals surface area contributed by atoms with Crippen LogP contribution >= 0.6 is 27.7 Å². The minimum Gasteiger partial charge on any atom is -0.370 e. The molecule has 0 aliphatic carbocycles. The molecule has 6 heteroatoms. The van der Waals surface area contributed by atoms with Crippen LogP contribution in [-0.4, -0.2) is 11.1 Å². The van der Waals surface area contributed by atoms with Crippen LogP contribution in [0.2, 0.25) is 0 Å². The van der Waals surface area contributed by atoms with Gasteiger partial charge in [-0.1, -0.05) is 48.2 Å². The van der Waals surface area contributed by atoms with E-state index in [4.69, 9.17) is 16.6 Å². The highest BCUT2D eigenvalue weighted by molar-refractivity contribution is 9.10. The van der Waals surface area contributed by atoms with E-state index in [2.05, 4.69) is 39.4 Å². The third kappa shape index (κ3) is 3.48. The summed E-state index contributed by atoms with van der Waals surface area (Å²) in [6.45, 7) is 0. The zero-order valence-electron chi connectivity index (χ0n) is 10.0. The molecule has 0 saturated heterocycles. The van der Waals surface area contributed by atoms with Crippen LogP contribution in [0.1, 0.15) is 5.56 Å². The molecule has 2 rings (SSSR count). The van der Waals surface area contributed by atoms with Crippen LogP contribution in [0.3, 0.4) is 0 Å². The van der Waals surface area contributed by atoms with Crippen molar-refractivity contribution in [3.8, 4) is 0 Å². The summed E-state index contributed by atoms with van der Waals surface area (Å²) in [6, 6.07) is 12.3. The molecule has 0 aliphatic rings. The lowest BCUT2D eigenvalue weighted by Gasteiger charge is -2.09. The molecule has 0 fully saturated rings. The summed E-state index contributed by atoms with van der Waals surface area (Å²) in [7, 11) is 0. The van der Waals surface area contributed by atoms with Gasteiger partial charge in [0.25, 0.3) is 0 Å². The van der Waals surface area contributed by atoms with Gasteiger partial charge in [-0.25, -0.2) is 0 Å². The first-order chi connectivity index (χ1) is 9.08. The number of fused-ring (bicyclic) bond motifs is 1. The Labute approximate surface area is 123 Å². The summed E-state index contributed by atoms with van der Waals surface area (Å²) in [5.41, 5.74) is 6.29. The van der Waals surface area contributed by atoms with Crippen molar-refractivity contribution in [2.24, 2.45) is 5.73 Å². The first-order valence-corrected chi connectivity index (χ1v) is 7.34. The fourth-order valence-electron chi connectivity index (χ4n) is 1.70. The smallest absolute Gasteiger partial charge is 0.191 e. The summed E-state index contributed by atoms with van der Waals surface area (Å²) >= 11 is 4.91. The minimum absolute atomic E-state index is 0.174. The molecule has 4 nitrogen and oxygen atoms in total. The molecule has 0 aromatic heterocycles. The monoisotopic (exact) mass is 336 g/mol. The quantitative estimate of drug-likeness (QED) is 0.501. The zero-order valence-corrected chi connectivity index (χ0v) is 12.4. The van der Waals surface area contributed by atoms with Gasteiger partial charge in [0.05, 0.1) is 0 Å². The standard InChI is InChI=1S/C13H13BrN4S/c14-11-9(7-19-13(17)18-12(15)16)6-5-8-3-1-2-4-10(8)11/h1-6H,7H2,(H5,15,16,17,18).